The van der Waals surface area contributed by atoms with Gasteiger partial charge < -0.3 is 5.32 Å². The maximum atomic E-state index is 11.0. The molecule has 118 valence electrons. The third kappa shape index (κ3) is 5.57. The second kappa shape index (κ2) is 8.04. The first-order chi connectivity index (χ1) is 10.5. The van der Waals surface area contributed by atoms with Crippen LogP contribution < -0.4 is 5.32 Å². The average molecular weight is 339 g/mol. The highest BCUT2D eigenvalue weighted by Crippen LogP contribution is 2.18. The summed E-state index contributed by atoms with van der Waals surface area (Å²) in [5, 5.41) is 21.9. The van der Waals surface area contributed by atoms with E-state index in [0.717, 1.165) is 40.7 Å². The van der Waals surface area contributed by atoms with Gasteiger partial charge in [0.2, 0.25) is 11.0 Å². The van der Waals surface area contributed by atoms with Crippen molar-refractivity contribution in [1.29, 1.82) is 0 Å². The van der Waals surface area contributed by atoms with Crippen molar-refractivity contribution in [2.24, 2.45) is 0 Å². The largest absolute Gasteiger partial charge is 0.301 e. The van der Waals surface area contributed by atoms with Gasteiger partial charge in [-0.25, -0.2) is 0 Å². The first kappa shape index (κ1) is 16.6. The van der Waals surface area contributed by atoms with Crippen LogP contribution in [-0.2, 0) is 28.9 Å². The van der Waals surface area contributed by atoms with Crippen LogP contribution in [0.25, 0.3) is 0 Å². The van der Waals surface area contributed by atoms with Gasteiger partial charge in [-0.05, 0) is 19.8 Å². The molecule has 0 radical (unpaired) electrons. The number of unbranched alkanes of at least 4 members (excludes halogenated alkanes) is 1. The molecule has 0 unspecified atom stereocenters. The van der Waals surface area contributed by atoms with Crippen LogP contribution in [0, 0.1) is 0 Å². The van der Waals surface area contributed by atoms with Gasteiger partial charge in [0.1, 0.15) is 20.8 Å². The average Bonchev–Trinajstić information content (AvgIpc) is 3.03. The van der Waals surface area contributed by atoms with Crippen molar-refractivity contribution >= 4 is 39.5 Å². The van der Waals surface area contributed by atoms with Gasteiger partial charge in [-0.3, -0.25) is 9.59 Å². The Bertz CT molecular complexity index is 596. The molecular formula is C13H17N5O2S2. The number of aromatic nitrogens is 4. The van der Waals surface area contributed by atoms with E-state index in [4.69, 9.17) is 0 Å². The minimum atomic E-state index is -0.139. The van der Waals surface area contributed by atoms with Crippen molar-refractivity contribution in [3.05, 3.63) is 15.0 Å². The highest BCUT2D eigenvalue weighted by Gasteiger charge is 2.08. The number of nitrogens with zero attached hydrogens (tertiary/aromatic N) is 4. The van der Waals surface area contributed by atoms with Gasteiger partial charge >= 0.3 is 0 Å². The number of nitrogens with one attached hydrogen (secondary N) is 1. The fraction of sp³-hybridized carbons (Fsp3) is 0.538. The van der Waals surface area contributed by atoms with Gasteiger partial charge in [-0.2, -0.15) is 0 Å². The second-order valence-corrected chi connectivity index (χ2v) is 7.07. The Labute approximate surface area is 136 Å². The van der Waals surface area contributed by atoms with Crippen LogP contribution >= 0.6 is 22.7 Å². The zero-order valence-corrected chi connectivity index (χ0v) is 14.1. The van der Waals surface area contributed by atoms with E-state index in [2.05, 4.69) is 25.7 Å². The molecule has 2 heterocycles. The Hall–Kier alpha value is -1.74. The van der Waals surface area contributed by atoms with Crippen molar-refractivity contribution in [2.45, 2.75) is 46.0 Å². The van der Waals surface area contributed by atoms with Crippen LogP contribution in [0.4, 0.5) is 5.13 Å². The van der Waals surface area contributed by atoms with E-state index in [9.17, 15) is 9.59 Å². The standard InChI is InChI=1S/C13H17N5O2S2/c1-8(19)7-12-17-15-10(21-12)5-3-4-6-11-16-18-13(22-11)14-9(2)20/h3-7H2,1-2H3,(H,14,18,20). The summed E-state index contributed by atoms with van der Waals surface area (Å²) in [5.74, 6) is -0.0331. The number of Topliss-reactive ketones (excluding diaryl/α,β-unsaturated/α-hetero) is 1. The molecule has 2 rings (SSSR count). The zero-order chi connectivity index (χ0) is 15.9. The van der Waals surface area contributed by atoms with E-state index in [1.807, 2.05) is 0 Å². The fourth-order valence-corrected chi connectivity index (χ4v) is 3.57. The van der Waals surface area contributed by atoms with Gasteiger partial charge in [-0.1, -0.05) is 11.3 Å². The summed E-state index contributed by atoms with van der Waals surface area (Å²) >= 11 is 2.90. The van der Waals surface area contributed by atoms with Crippen molar-refractivity contribution in [3.8, 4) is 0 Å². The van der Waals surface area contributed by atoms with Crippen LogP contribution in [-0.4, -0.2) is 32.1 Å². The van der Waals surface area contributed by atoms with E-state index < -0.39 is 0 Å². The molecule has 0 atom stereocenters. The molecular weight excluding hydrogens is 322 g/mol. The number of rotatable bonds is 8. The monoisotopic (exact) mass is 339 g/mol. The summed E-state index contributed by atoms with van der Waals surface area (Å²) in [6.45, 7) is 3.00. The lowest BCUT2D eigenvalue weighted by molar-refractivity contribution is -0.116. The molecule has 0 saturated heterocycles. The molecule has 9 heteroatoms. The van der Waals surface area contributed by atoms with Crippen molar-refractivity contribution in [2.75, 3.05) is 5.32 Å². The van der Waals surface area contributed by atoms with Crippen LogP contribution in [0.3, 0.4) is 0 Å². The highest BCUT2D eigenvalue weighted by atomic mass is 32.1. The number of anilines is 1. The Morgan fingerprint density at radius 1 is 0.909 bits per heavy atom. The Morgan fingerprint density at radius 3 is 2.14 bits per heavy atom. The zero-order valence-electron chi connectivity index (χ0n) is 12.5. The third-order valence-electron chi connectivity index (χ3n) is 2.69. The van der Waals surface area contributed by atoms with Gasteiger partial charge in [0.15, 0.2) is 0 Å². The molecule has 2 aromatic rings. The van der Waals surface area contributed by atoms with Crippen molar-refractivity contribution in [3.63, 3.8) is 0 Å². The Kier molecular flexibility index (Phi) is 6.08. The van der Waals surface area contributed by atoms with Crippen molar-refractivity contribution < 1.29 is 9.59 Å². The lowest BCUT2D eigenvalue weighted by atomic mass is 10.2. The highest BCUT2D eigenvalue weighted by molar-refractivity contribution is 7.15. The number of aryl methyl sites for hydroxylation is 2. The molecule has 7 nitrogen and oxygen atoms in total. The van der Waals surface area contributed by atoms with Crippen LogP contribution in [0.2, 0.25) is 0 Å². The number of ketones is 1. The maximum absolute atomic E-state index is 11.0. The quantitative estimate of drug-likeness (QED) is 0.739. The Morgan fingerprint density at radius 2 is 1.50 bits per heavy atom. The van der Waals surface area contributed by atoms with Crippen LogP contribution in [0.5, 0.6) is 0 Å². The molecule has 0 aliphatic rings. The van der Waals surface area contributed by atoms with E-state index in [0.29, 0.717) is 11.6 Å². The summed E-state index contributed by atoms with van der Waals surface area (Å²) < 4.78 is 0. The van der Waals surface area contributed by atoms with E-state index in [1.165, 1.54) is 29.6 Å². The van der Waals surface area contributed by atoms with E-state index >= 15 is 0 Å². The topological polar surface area (TPSA) is 97.7 Å². The number of carbonyl (C=O) groups excluding carboxylic acids is 2. The molecule has 0 fully saturated rings. The molecule has 1 amide bonds. The molecule has 0 aliphatic carbocycles. The number of amides is 1. The lowest BCUT2D eigenvalue weighted by Crippen LogP contribution is -2.04. The summed E-state index contributed by atoms with van der Waals surface area (Å²) in [6.07, 6.45) is 4.00. The first-order valence-corrected chi connectivity index (χ1v) is 8.57. The maximum Gasteiger partial charge on any atom is 0.223 e. The van der Waals surface area contributed by atoms with Gasteiger partial charge in [0.25, 0.3) is 0 Å². The second-order valence-electron chi connectivity index (χ2n) is 4.86. The first-order valence-electron chi connectivity index (χ1n) is 6.93. The molecule has 2 aromatic heterocycles. The third-order valence-corrected chi connectivity index (χ3v) is 4.57. The number of hydrogen-bond acceptors (Lipinski definition) is 8. The molecule has 22 heavy (non-hydrogen) atoms. The molecule has 0 aromatic carbocycles. The predicted octanol–water partition coefficient (Wildman–Crippen LogP) is 2.04. The van der Waals surface area contributed by atoms with Gasteiger partial charge in [0, 0.05) is 19.8 Å². The summed E-state index contributed by atoms with van der Waals surface area (Å²) in [6, 6.07) is 0. The molecule has 0 aliphatic heterocycles. The van der Waals surface area contributed by atoms with E-state index in [-0.39, 0.29) is 11.7 Å². The number of carbonyl (C=O) groups is 2. The van der Waals surface area contributed by atoms with Crippen LogP contribution in [0.15, 0.2) is 0 Å². The normalized spacial score (nSPS) is 10.6. The minimum absolute atomic E-state index is 0.106. The SMILES string of the molecule is CC(=O)Cc1nnc(CCCCc2nnc(NC(C)=O)s2)s1. The van der Waals surface area contributed by atoms with Gasteiger partial charge in [0.05, 0.1) is 6.42 Å². The summed E-state index contributed by atoms with van der Waals surface area (Å²) in [7, 11) is 0. The fourth-order valence-electron chi connectivity index (χ4n) is 1.78. The molecule has 0 bridgehead atoms. The smallest absolute Gasteiger partial charge is 0.223 e. The Balaban J connectivity index is 1.70. The van der Waals surface area contributed by atoms with Crippen LogP contribution in [0.1, 0.15) is 41.7 Å². The lowest BCUT2D eigenvalue weighted by Gasteiger charge is -1.95. The minimum Gasteiger partial charge on any atom is -0.301 e. The number of hydrogen-bond donors (Lipinski definition) is 1. The van der Waals surface area contributed by atoms with E-state index in [1.54, 1.807) is 6.92 Å². The van der Waals surface area contributed by atoms with Gasteiger partial charge in [-0.15, -0.1) is 31.7 Å². The van der Waals surface area contributed by atoms with Crippen molar-refractivity contribution in [1.82, 2.24) is 20.4 Å². The molecule has 0 saturated carbocycles. The summed E-state index contributed by atoms with van der Waals surface area (Å²) in [5.41, 5.74) is 0. The molecule has 1 N–H and O–H groups in total. The predicted molar refractivity (Wildman–Crippen MR) is 85.1 cm³/mol. The molecule has 0 spiro atoms. The summed E-state index contributed by atoms with van der Waals surface area (Å²) in [4.78, 5) is 21.9.